The molecule has 3 rings (SSSR count). The second-order valence-electron chi connectivity index (χ2n) is 6.98. The molecular formula is C18H26O5. The third-order valence-corrected chi connectivity index (χ3v) is 5.34. The number of cyclic esters (lactones) is 2. The van der Waals surface area contributed by atoms with E-state index in [2.05, 4.69) is 4.74 Å². The molecule has 4 atom stereocenters. The molecule has 3 fully saturated rings. The van der Waals surface area contributed by atoms with Crippen LogP contribution in [0.5, 0.6) is 0 Å². The lowest BCUT2D eigenvalue weighted by molar-refractivity contribution is -0.153. The summed E-state index contributed by atoms with van der Waals surface area (Å²) in [5.41, 5.74) is 0. The van der Waals surface area contributed by atoms with Gasteiger partial charge in [-0.15, -0.1) is 0 Å². The van der Waals surface area contributed by atoms with Crippen LogP contribution in [0.3, 0.4) is 0 Å². The highest BCUT2D eigenvalue weighted by Gasteiger charge is 2.52. The second kappa shape index (κ2) is 7.84. The minimum atomic E-state index is -0.548. The average molecular weight is 322 g/mol. The molecule has 0 amide bonds. The lowest BCUT2D eigenvalue weighted by Crippen LogP contribution is -2.39. The highest BCUT2D eigenvalue weighted by Crippen LogP contribution is 2.43. The number of fused-ring (bicyclic) bond motifs is 1. The average Bonchev–Trinajstić information content (AvgIpc) is 2.82. The second-order valence-corrected chi connectivity index (χ2v) is 6.98. The minimum Gasteiger partial charge on any atom is -0.393 e. The topological polar surface area (TPSA) is 77.5 Å². The van der Waals surface area contributed by atoms with E-state index in [1.165, 1.54) is 52.4 Å². The standard InChI is InChI=1S/C12H14O5.C6H12/c1-5(13)7-3-9-10(4-8(7)6(2)14)12(16)17-11(9)15;1-2-4-6-5-3-1/h7-10H,3-4H2,1-2H3;1-6H2. The highest BCUT2D eigenvalue weighted by atomic mass is 16.6. The largest absolute Gasteiger partial charge is 0.393 e. The lowest BCUT2D eigenvalue weighted by atomic mass is 9.67. The monoisotopic (exact) mass is 322 g/mol. The number of ketones is 2. The zero-order chi connectivity index (χ0) is 17.0. The molecule has 2 saturated carbocycles. The van der Waals surface area contributed by atoms with Crippen molar-refractivity contribution in [1.29, 1.82) is 0 Å². The molecule has 5 nitrogen and oxygen atoms in total. The first-order valence-corrected chi connectivity index (χ1v) is 8.68. The molecule has 0 aromatic heterocycles. The smallest absolute Gasteiger partial charge is 0.317 e. The fourth-order valence-electron chi connectivity index (χ4n) is 3.93. The fraction of sp³-hybridized carbons (Fsp3) is 0.778. The van der Waals surface area contributed by atoms with Crippen molar-refractivity contribution in [2.45, 2.75) is 65.2 Å². The predicted molar refractivity (Wildman–Crippen MR) is 83.4 cm³/mol. The van der Waals surface area contributed by atoms with Crippen LogP contribution in [-0.2, 0) is 23.9 Å². The first-order valence-electron chi connectivity index (χ1n) is 8.68. The molecule has 5 heteroatoms. The number of Topliss-reactive ketones (excluding diaryl/α,β-unsaturated/α-hetero) is 2. The molecule has 2 aliphatic carbocycles. The summed E-state index contributed by atoms with van der Waals surface area (Å²) in [5.74, 6) is -3.27. The first kappa shape index (κ1) is 17.8. The Kier molecular flexibility index (Phi) is 6.08. The number of hydrogen-bond donors (Lipinski definition) is 0. The molecule has 0 N–H and O–H groups in total. The van der Waals surface area contributed by atoms with Crippen LogP contribution in [0.25, 0.3) is 0 Å². The predicted octanol–water partition coefficient (Wildman–Crippen LogP) is 2.85. The lowest BCUT2D eigenvalue weighted by Gasteiger charge is -2.32. The number of hydrogen-bond acceptors (Lipinski definition) is 5. The van der Waals surface area contributed by atoms with E-state index in [4.69, 9.17) is 0 Å². The maximum Gasteiger partial charge on any atom is 0.317 e. The summed E-state index contributed by atoms with van der Waals surface area (Å²) in [7, 11) is 0. The van der Waals surface area contributed by atoms with Crippen LogP contribution in [0, 0.1) is 23.7 Å². The molecule has 128 valence electrons. The van der Waals surface area contributed by atoms with E-state index in [1.54, 1.807) is 0 Å². The van der Waals surface area contributed by atoms with Crippen molar-refractivity contribution in [1.82, 2.24) is 0 Å². The van der Waals surface area contributed by atoms with Crippen molar-refractivity contribution in [3.8, 4) is 0 Å². The molecule has 0 radical (unpaired) electrons. The van der Waals surface area contributed by atoms with Gasteiger partial charge in [0.1, 0.15) is 11.6 Å². The molecule has 3 aliphatic rings. The van der Waals surface area contributed by atoms with Crippen molar-refractivity contribution in [3.63, 3.8) is 0 Å². The molecule has 4 unspecified atom stereocenters. The molecule has 0 bridgehead atoms. The maximum absolute atomic E-state index is 11.5. The molecule has 1 heterocycles. The van der Waals surface area contributed by atoms with Crippen LogP contribution in [0.4, 0.5) is 0 Å². The zero-order valence-electron chi connectivity index (χ0n) is 14.0. The molecule has 23 heavy (non-hydrogen) atoms. The summed E-state index contributed by atoms with van der Waals surface area (Å²) in [4.78, 5) is 45.9. The molecule has 1 aliphatic heterocycles. The number of carbonyl (C=O) groups is 4. The SMILES string of the molecule is C1CCCCC1.CC(=O)C1CC2C(=O)OC(=O)C2CC1C(C)=O. The number of carbonyl (C=O) groups excluding carboxylic acids is 4. The van der Waals surface area contributed by atoms with Crippen molar-refractivity contribution in [2.24, 2.45) is 23.7 Å². The third-order valence-electron chi connectivity index (χ3n) is 5.34. The van der Waals surface area contributed by atoms with E-state index in [1.807, 2.05) is 0 Å². The summed E-state index contributed by atoms with van der Waals surface area (Å²) in [6, 6.07) is 0. The Hall–Kier alpha value is -1.52. The van der Waals surface area contributed by atoms with E-state index >= 15 is 0 Å². The van der Waals surface area contributed by atoms with Gasteiger partial charge in [0.05, 0.1) is 11.8 Å². The van der Waals surface area contributed by atoms with Crippen molar-refractivity contribution < 1.29 is 23.9 Å². The summed E-state index contributed by atoms with van der Waals surface area (Å²) in [5, 5.41) is 0. The van der Waals surface area contributed by atoms with Crippen molar-refractivity contribution >= 4 is 23.5 Å². The molecular weight excluding hydrogens is 296 g/mol. The van der Waals surface area contributed by atoms with Crippen molar-refractivity contribution in [2.75, 3.05) is 0 Å². The van der Waals surface area contributed by atoms with Crippen LogP contribution in [-0.4, -0.2) is 23.5 Å². The van der Waals surface area contributed by atoms with E-state index in [9.17, 15) is 19.2 Å². The van der Waals surface area contributed by atoms with Crippen LogP contribution in [0.2, 0.25) is 0 Å². The zero-order valence-corrected chi connectivity index (χ0v) is 14.0. The Morgan fingerprint density at radius 3 is 1.30 bits per heavy atom. The van der Waals surface area contributed by atoms with Gasteiger partial charge in [-0.1, -0.05) is 38.5 Å². The number of rotatable bonds is 2. The van der Waals surface area contributed by atoms with Crippen LogP contribution in [0.15, 0.2) is 0 Å². The van der Waals surface area contributed by atoms with Crippen molar-refractivity contribution in [3.05, 3.63) is 0 Å². The van der Waals surface area contributed by atoms with Gasteiger partial charge in [0.25, 0.3) is 0 Å². The molecule has 0 aromatic carbocycles. The van der Waals surface area contributed by atoms with Gasteiger partial charge in [-0.05, 0) is 26.7 Å². The summed E-state index contributed by atoms with van der Waals surface area (Å²) < 4.78 is 4.56. The van der Waals surface area contributed by atoms with Gasteiger partial charge in [-0.3, -0.25) is 19.2 Å². The quantitative estimate of drug-likeness (QED) is 0.577. The van der Waals surface area contributed by atoms with Crippen LogP contribution in [0.1, 0.15) is 65.2 Å². The van der Waals surface area contributed by atoms with Gasteiger partial charge in [0.15, 0.2) is 0 Å². The summed E-state index contributed by atoms with van der Waals surface area (Å²) in [6.45, 7) is 2.84. The Morgan fingerprint density at radius 2 is 1.04 bits per heavy atom. The third kappa shape index (κ3) is 4.27. The fourth-order valence-corrected chi connectivity index (χ4v) is 3.93. The summed E-state index contributed by atoms with van der Waals surface area (Å²) >= 11 is 0. The van der Waals surface area contributed by atoms with Gasteiger partial charge in [-0.2, -0.15) is 0 Å². The van der Waals surface area contributed by atoms with Crippen LogP contribution < -0.4 is 0 Å². The number of ether oxygens (including phenoxy) is 1. The van der Waals surface area contributed by atoms with Gasteiger partial charge in [-0.25, -0.2) is 0 Å². The Balaban J connectivity index is 0.000000268. The summed E-state index contributed by atoms with van der Waals surface area (Å²) in [6.07, 6.45) is 9.52. The molecule has 1 saturated heterocycles. The number of esters is 2. The van der Waals surface area contributed by atoms with E-state index in [0.717, 1.165) is 0 Å². The van der Waals surface area contributed by atoms with Crippen LogP contribution >= 0.6 is 0 Å². The van der Waals surface area contributed by atoms with E-state index < -0.39 is 35.6 Å². The normalized spacial score (nSPS) is 33.1. The first-order chi connectivity index (χ1) is 10.9. The van der Waals surface area contributed by atoms with Gasteiger partial charge in [0.2, 0.25) is 0 Å². The molecule has 0 spiro atoms. The minimum absolute atomic E-state index is 0.101. The van der Waals surface area contributed by atoms with E-state index in [-0.39, 0.29) is 24.4 Å². The van der Waals surface area contributed by atoms with E-state index in [0.29, 0.717) is 0 Å². The molecule has 0 aromatic rings. The highest BCUT2D eigenvalue weighted by molar-refractivity contribution is 5.98. The Labute approximate surface area is 137 Å². The van der Waals surface area contributed by atoms with Gasteiger partial charge < -0.3 is 4.74 Å². The maximum atomic E-state index is 11.5. The van der Waals surface area contributed by atoms with Gasteiger partial charge in [0, 0.05) is 11.8 Å². The Bertz CT molecular complexity index is 442. The Morgan fingerprint density at radius 1 is 0.739 bits per heavy atom. The van der Waals surface area contributed by atoms with Gasteiger partial charge >= 0.3 is 11.9 Å².